The maximum absolute atomic E-state index is 12.5. The van der Waals surface area contributed by atoms with Gasteiger partial charge in [0.1, 0.15) is 6.54 Å². The van der Waals surface area contributed by atoms with Crippen molar-refractivity contribution in [3.8, 4) is 0 Å². The molecule has 148 valence electrons. The van der Waals surface area contributed by atoms with Crippen molar-refractivity contribution in [1.82, 2.24) is 4.90 Å². The minimum absolute atomic E-state index is 0.295. The number of thioether (sulfide) groups is 1. The highest BCUT2D eigenvalue weighted by Crippen LogP contribution is 2.30. The molecule has 1 fully saturated rings. The molecule has 0 radical (unpaired) electrons. The van der Waals surface area contributed by atoms with Crippen LogP contribution in [0.1, 0.15) is 5.56 Å². The van der Waals surface area contributed by atoms with Crippen LogP contribution in [0, 0.1) is 0 Å². The lowest BCUT2D eigenvalue weighted by atomic mass is 10.2. The van der Waals surface area contributed by atoms with E-state index in [-0.39, 0.29) is 6.54 Å². The van der Waals surface area contributed by atoms with Gasteiger partial charge in [-0.3, -0.25) is 19.3 Å². The van der Waals surface area contributed by atoms with E-state index in [0.717, 1.165) is 27.9 Å². The molecule has 1 aliphatic rings. The molecule has 1 heterocycles. The molecule has 0 atom stereocenters. The number of carbonyl (C=O) groups is 3. The Hall–Kier alpha value is -3.32. The summed E-state index contributed by atoms with van der Waals surface area (Å²) in [7, 11) is 3.95. The van der Waals surface area contributed by atoms with E-state index in [0.29, 0.717) is 10.6 Å². The third-order valence-electron chi connectivity index (χ3n) is 4.18. The second kappa shape index (κ2) is 9.25. The SMILES string of the molecule is CN(C)c1ccc(/C=C/C=C2\SC(=O)N(CC(=O)Nc3ccccc3)C2=O)cc1. The van der Waals surface area contributed by atoms with Gasteiger partial charge >= 0.3 is 0 Å². The van der Waals surface area contributed by atoms with Crippen LogP contribution in [-0.2, 0) is 9.59 Å². The number of anilines is 2. The van der Waals surface area contributed by atoms with Crippen LogP contribution in [0.3, 0.4) is 0 Å². The van der Waals surface area contributed by atoms with E-state index in [1.807, 2.05) is 55.4 Å². The fourth-order valence-corrected chi connectivity index (χ4v) is 3.44. The maximum Gasteiger partial charge on any atom is 0.294 e. The van der Waals surface area contributed by atoms with Gasteiger partial charge in [-0.2, -0.15) is 0 Å². The number of benzene rings is 2. The minimum atomic E-state index is -0.462. The van der Waals surface area contributed by atoms with E-state index in [4.69, 9.17) is 0 Å². The molecular formula is C22H21N3O3S. The smallest absolute Gasteiger partial charge is 0.294 e. The van der Waals surface area contributed by atoms with Crippen LogP contribution in [0.25, 0.3) is 6.08 Å². The third kappa shape index (κ3) is 5.36. The van der Waals surface area contributed by atoms with Crippen molar-refractivity contribution in [2.24, 2.45) is 0 Å². The molecule has 2 aromatic carbocycles. The maximum atomic E-state index is 12.5. The quantitative estimate of drug-likeness (QED) is 0.734. The number of hydrogen-bond donors (Lipinski definition) is 1. The Morgan fingerprint density at radius 3 is 2.41 bits per heavy atom. The van der Waals surface area contributed by atoms with Gasteiger partial charge in [-0.05, 0) is 47.7 Å². The van der Waals surface area contributed by atoms with E-state index in [2.05, 4.69) is 5.32 Å². The van der Waals surface area contributed by atoms with Gasteiger partial charge in [0, 0.05) is 25.5 Å². The second-order valence-electron chi connectivity index (χ2n) is 6.55. The fraction of sp³-hybridized carbons (Fsp3) is 0.136. The average molecular weight is 407 g/mol. The summed E-state index contributed by atoms with van der Waals surface area (Å²) in [4.78, 5) is 40.0. The first kappa shape index (κ1) is 20.4. The number of rotatable bonds is 6. The van der Waals surface area contributed by atoms with Gasteiger partial charge < -0.3 is 10.2 Å². The van der Waals surface area contributed by atoms with E-state index < -0.39 is 17.1 Å². The first-order valence-corrected chi connectivity index (χ1v) is 9.80. The molecule has 29 heavy (non-hydrogen) atoms. The zero-order chi connectivity index (χ0) is 20.8. The molecule has 6 nitrogen and oxygen atoms in total. The molecule has 0 saturated carbocycles. The summed E-state index contributed by atoms with van der Waals surface area (Å²) >= 11 is 0.832. The molecule has 7 heteroatoms. The van der Waals surface area contributed by atoms with Crippen LogP contribution in [0.15, 0.2) is 71.7 Å². The summed E-state index contributed by atoms with van der Waals surface area (Å²) in [6, 6.07) is 16.8. The molecule has 0 aromatic heterocycles. The van der Waals surface area contributed by atoms with Gasteiger partial charge in [0.15, 0.2) is 0 Å². The van der Waals surface area contributed by atoms with Crippen LogP contribution in [0.2, 0.25) is 0 Å². The summed E-state index contributed by atoms with van der Waals surface area (Å²) in [5, 5.41) is 2.22. The largest absolute Gasteiger partial charge is 0.378 e. The van der Waals surface area contributed by atoms with Crippen molar-refractivity contribution in [3.05, 3.63) is 77.2 Å². The van der Waals surface area contributed by atoms with Crippen molar-refractivity contribution in [1.29, 1.82) is 0 Å². The Morgan fingerprint density at radius 2 is 1.76 bits per heavy atom. The number of para-hydroxylation sites is 1. The highest BCUT2D eigenvalue weighted by molar-refractivity contribution is 8.18. The lowest BCUT2D eigenvalue weighted by Gasteiger charge is -2.12. The minimum Gasteiger partial charge on any atom is -0.378 e. The highest BCUT2D eigenvalue weighted by Gasteiger charge is 2.35. The lowest BCUT2D eigenvalue weighted by Crippen LogP contribution is -2.36. The standard InChI is InChI=1S/C22H21N3O3S/c1-24(2)18-13-11-16(12-14-18)7-6-10-19-21(27)25(22(28)29-19)15-20(26)23-17-8-4-3-5-9-17/h3-14H,15H2,1-2H3,(H,23,26)/b7-6+,19-10-. The molecule has 1 aliphatic heterocycles. The van der Waals surface area contributed by atoms with Crippen molar-refractivity contribution < 1.29 is 14.4 Å². The topological polar surface area (TPSA) is 69.7 Å². The highest BCUT2D eigenvalue weighted by atomic mass is 32.2. The molecule has 3 rings (SSSR count). The Bertz CT molecular complexity index is 967. The predicted molar refractivity (Wildman–Crippen MR) is 118 cm³/mol. The number of imide groups is 1. The van der Waals surface area contributed by atoms with Crippen LogP contribution in [0.4, 0.5) is 16.2 Å². The van der Waals surface area contributed by atoms with Gasteiger partial charge in [0.05, 0.1) is 4.91 Å². The molecular weight excluding hydrogens is 386 g/mol. The van der Waals surface area contributed by atoms with Crippen molar-refractivity contribution in [2.75, 3.05) is 30.9 Å². The average Bonchev–Trinajstić information content (AvgIpc) is 2.96. The molecule has 0 spiro atoms. The monoisotopic (exact) mass is 407 g/mol. The number of carbonyl (C=O) groups excluding carboxylic acids is 3. The fourth-order valence-electron chi connectivity index (χ4n) is 2.65. The van der Waals surface area contributed by atoms with Crippen LogP contribution < -0.4 is 10.2 Å². The van der Waals surface area contributed by atoms with Crippen molar-refractivity contribution in [2.45, 2.75) is 0 Å². The predicted octanol–water partition coefficient (Wildman–Crippen LogP) is 3.98. The molecule has 1 saturated heterocycles. The van der Waals surface area contributed by atoms with Crippen LogP contribution in [0.5, 0.6) is 0 Å². The third-order valence-corrected chi connectivity index (χ3v) is 5.10. The molecule has 1 N–H and O–H groups in total. The number of amides is 3. The number of nitrogens with one attached hydrogen (secondary N) is 1. The molecule has 0 unspecified atom stereocenters. The number of nitrogens with zero attached hydrogens (tertiary/aromatic N) is 2. The van der Waals surface area contributed by atoms with E-state index in [1.54, 1.807) is 36.4 Å². The van der Waals surface area contributed by atoms with Crippen LogP contribution >= 0.6 is 11.8 Å². The van der Waals surface area contributed by atoms with Gasteiger partial charge in [-0.25, -0.2) is 0 Å². The van der Waals surface area contributed by atoms with Gasteiger partial charge in [-0.1, -0.05) is 42.5 Å². The Kier molecular flexibility index (Phi) is 6.51. The Morgan fingerprint density at radius 1 is 1.07 bits per heavy atom. The van der Waals surface area contributed by atoms with Gasteiger partial charge in [-0.15, -0.1) is 0 Å². The first-order chi connectivity index (χ1) is 13.9. The summed E-state index contributed by atoms with van der Waals surface area (Å²) < 4.78 is 0. The first-order valence-electron chi connectivity index (χ1n) is 8.98. The molecule has 3 amide bonds. The Balaban J connectivity index is 1.61. The summed E-state index contributed by atoms with van der Waals surface area (Å²) in [5.41, 5.74) is 2.69. The van der Waals surface area contributed by atoms with Gasteiger partial charge in [0.25, 0.3) is 11.1 Å². The molecule has 0 bridgehead atoms. The van der Waals surface area contributed by atoms with Crippen LogP contribution in [-0.4, -0.2) is 42.6 Å². The summed E-state index contributed by atoms with van der Waals surface area (Å²) in [6.45, 7) is -0.313. The zero-order valence-electron chi connectivity index (χ0n) is 16.2. The van der Waals surface area contributed by atoms with E-state index >= 15 is 0 Å². The van der Waals surface area contributed by atoms with Gasteiger partial charge in [0.2, 0.25) is 5.91 Å². The molecule has 0 aliphatic carbocycles. The lowest BCUT2D eigenvalue weighted by molar-refractivity contribution is -0.127. The summed E-state index contributed by atoms with van der Waals surface area (Å²) in [6.07, 6.45) is 5.18. The van der Waals surface area contributed by atoms with E-state index in [1.165, 1.54) is 0 Å². The van der Waals surface area contributed by atoms with Crippen molar-refractivity contribution >= 4 is 46.3 Å². The zero-order valence-corrected chi connectivity index (χ0v) is 17.0. The summed E-state index contributed by atoms with van der Waals surface area (Å²) in [5.74, 6) is -0.882. The Labute approximate surface area is 173 Å². The molecule has 2 aromatic rings. The van der Waals surface area contributed by atoms with E-state index in [9.17, 15) is 14.4 Å². The second-order valence-corrected chi connectivity index (χ2v) is 7.54. The number of allylic oxidation sites excluding steroid dienone is 2. The van der Waals surface area contributed by atoms with Crippen molar-refractivity contribution in [3.63, 3.8) is 0 Å². The number of hydrogen-bond acceptors (Lipinski definition) is 5. The normalized spacial score (nSPS) is 15.4.